The Morgan fingerprint density at radius 2 is 2.03 bits per heavy atom. The average Bonchev–Trinajstić information content (AvgIpc) is 3.30. The zero-order valence-electron chi connectivity index (χ0n) is 17.4. The summed E-state index contributed by atoms with van der Waals surface area (Å²) >= 11 is 1.17. The van der Waals surface area contributed by atoms with Crippen molar-refractivity contribution in [2.45, 2.75) is 57.6 Å². The van der Waals surface area contributed by atoms with Crippen molar-refractivity contribution in [2.24, 2.45) is 11.3 Å². The van der Waals surface area contributed by atoms with Gasteiger partial charge < -0.3 is 9.45 Å². The molecule has 6 nitrogen and oxygen atoms in total. The predicted octanol–water partition coefficient (Wildman–Crippen LogP) is 4.29. The summed E-state index contributed by atoms with van der Waals surface area (Å²) in [5.41, 5.74) is 2.20. The lowest BCUT2D eigenvalue weighted by atomic mass is 9.69. The molecule has 8 heteroatoms. The third-order valence-corrected chi connectivity index (χ3v) is 8.83. The number of nitrogens with zero attached hydrogens (tertiary/aromatic N) is 4. The van der Waals surface area contributed by atoms with E-state index in [4.69, 9.17) is 4.98 Å². The van der Waals surface area contributed by atoms with Gasteiger partial charge in [0.25, 0.3) is 0 Å². The van der Waals surface area contributed by atoms with E-state index in [1.54, 1.807) is 0 Å². The van der Waals surface area contributed by atoms with Crippen molar-refractivity contribution in [3.8, 4) is 0 Å². The van der Waals surface area contributed by atoms with Crippen LogP contribution < -0.4 is 9.62 Å². The Morgan fingerprint density at radius 3 is 2.72 bits per heavy atom. The fourth-order valence-corrected chi connectivity index (χ4v) is 6.11. The fraction of sp³-hybridized carbons (Fsp3) is 0.619. The maximum atomic E-state index is 12.6. The smallest absolute Gasteiger partial charge is 0.211 e. The lowest BCUT2D eigenvalue weighted by Gasteiger charge is -2.44. The average molecular weight is 527 g/mol. The largest absolute Gasteiger partial charge is 0.593 e. The molecule has 1 aliphatic carbocycles. The third-order valence-electron chi connectivity index (χ3n) is 6.51. The van der Waals surface area contributed by atoms with Gasteiger partial charge in [0, 0.05) is 37.6 Å². The summed E-state index contributed by atoms with van der Waals surface area (Å²) in [4.78, 5) is 11.6. The van der Waals surface area contributed by atoms with E-state index in [0.717, 1.165) is 53.2 Å². The van der Waals surface area contributed by atoms with E-state index in [9.17, 15) is 4.55 Å². The zero-order valence-corrected chi connectivity index (χ0v) is 20.4. The van der Waals surface area contributed by atoms with Crippen LogP contribution in [-0.2, 0) is 11.4 Å². The van der Waals surface area contributed by atoms with Crippen molar-refractivity contribution in [3.05, 3.63) is 34.4 Å². The van der Waals surface area contributed by atoms with E-state index >= 15 is 0 Å². The second kappa shape index (κ2) is 7.92. The Bertz CT molecular complexity index is 900. The van der Waals surface area contributed by atoms with E-state index < -0.39 is 11.4 Å². The van der Waals surface area contributed by atoms with Crippen LogP contribution in [0.5, 0.6) is 0 Å². The Balaban J connectivity index is 1.48. The molecule has 4 rings (SSSR count). The molecule has 1 spiro atoms. The Labute approximate surface area is 190 Å². The van der Waals surface area contributed by atoms with Gasteiger partial charge in [0.05, 0.1) is 20.6 Å². The normalized spacial score (nSPS) is 22.9. The number of aromatic nitrogens is 3. The molecule has 3 heterocycles. The number of piperidine rings is 1. The molecule has 2 aromatic heterocycles. The van der Waals surface area contributed by atoms with Gasteiger partial charge in [-0.3, -0.25) is 4.40 Å². The molecule has 158 valence electrons. The van der Waals surface area contributed by atoms with E-state index in [-0.39, 0.29) is 10.2 Å². The minimum absolute atomic E-state index is 0.264. The summed E-state index contributed by atoms with van der Waals surface area (Å²) in [6.07, 6.45) is 11.6. The van der Waals surface area contributed by atoms with Gasteiger partial charge in [0.15, 0.2) is 5.65 Å². The van der Waals surface area contributed by atoms with Gasteiger partial charge in [-0.05, 0) is 74.5 Å². The quantitative estimate of drug-likeness (QED) is 0.475. The fourth-order valence-electron chi connectivity index (χ4n) is 4.89. The van der Waals surface area contributed by atoms with Crippen molar-refractivity contribution >= 4 is 45.5 Å². The van der Waals surface area contributed by atoms with E-state index in [1.165, 1.54) is 12.8 Å². The number of anilines is 1. The minimum Gasteiger partial charge on any atom is -0.593 e. The number of rotatable bonds is 4. The first-order chi connectivity index (χ1) is 13.7. The van der Waals surface area contributed by atoms with Gasteiger partial charge in [-0.25, -0.2) is 14.7 Å². The van der Waals surface area contributed by atoms with Gasteiger partial charge in [0.2, 0.25) is 5.95 Å². The summed E-state index contributed by atoms with van der Waals surface area (Å²) < 4.78 is 18.7. The Morgan fingerprint density at radius 1 is 1.31 bits per heavy atom. The monoisotopic (exact) mass is 527 g/mol. The summed E-state index contributed by atoms with van der Waals surface area (Å²) in [7, 11) is 0. The van der Waals surface area contributed by atoms with Gasteiger partial charge in [-0.1, -0.05) is 13.0 Å². The van der Waals surface area contributed by atoms with Crippen molar-refractivity contribution in [1.29, 1.82) is 0 Å². The molecule has 1 saturated carbocycles. The van der Waals surface area contributed by atoms with Gasteiger partial charge in [-0.15, -0.1) is 0 Å². The number of hydrogen-bond acceptors (Lipinski definition) is 5. The highest BCUT2D eigenvalue weighted by molar-refractivity contribution is 14.1. The molecule has 2 fully saturated rings. The Hall–Kier alpha value is -1.00. The second-order valence-corrected chi connectivity index (χ2v) is 12.5. The molecule has 2 aromatic rings. The van der Waals surface area contributed by atoms with Crippen LogP contribution in [0.25, 0.3) is 5.65 Å². The summed E-state index contributed by atoms with van der Waals surface area (Å²) in [5, 5.41) is 0. The van der Waals surface area contributed by atoms with Crippen LogP contribution in [-0.4, -0.2) is 36.8 Å². The first kappa shape index (κ1) is 21.2. The maximum absolute atomic E-state index is 12.6. The standard InChI is InChI=1S/C21H30IN5OS/c1-15(25-29(28)20(2,3)4)16-6-5-7-21(16)8-11-26(12-9-21)19-24-14-17(22)18-23-10-13-27(18)19/h10,13-14,16,25H,1,5-9,11-12H2,2-4H3/t16?,29-/m1/s1. The molecule has 29 heavy (non-hydrogen) atoms. The third kappa shape index (κ3) is 3.99. The molecule has 1 saturated heterocycles. The number of hydrogen-bond donors (Lipinski definition) is 1. The van der Waals surface area contributed by atoms with Crippen LogP contribution in [0.15, 0.2) is 30.9 Å². The van der Waals surface area contributed by atoms with Crippen LogP contribution in [0.4, 0.5) is 5.95 Å². The van der Waals surface area contributed by atoms with E-state index in [2.05, 4.69) is 48.2 Å². The molecule has 0 aromatic carbocycles. The SMILES string of the molecule is C=C(N[S@+]([O-])C(C)(C)C)C1CCCC12CCN(c1ncc(I)c3nccn13)CC2. The summed E-state index contributed by atoms with van der Waals surface area (Å²) in [6, 6.07) is 0. The highest BCUT2D eigenvalue weighted by Crippen LogP contribution is 2.53. The number of imidazole rings is 1. The lowest BCUT2D eigenvalue weighted by Crippen LogP contribution is -2.46. The zero-order chi connectivity index (χ0) is 20.8. The van der Waals surface area contributed by atoms with Gasteiger partial charge in [-0.2, -0.15) is 0 Å². The predicted molar refractivity (Wildman–Crippen MR) is 127 cm³/mol. The van der Waals surface area contributed by atoms with Crippen LogP contribution in [0.3, 0.4) is 0 Å². The minimum atomic E-state index is -1.12. The highest BCUT2D eigenvalue weighted by atomic mass is 127. The van der Waals surface area contributed by atoms with Crippen LogP contribution in [0.1, 0.15) is 52.9 Å². The van der Waals surface area contributed by atoms with E-state index in [0.29, 0.717) is 5.92 Å². The number of nitrogens with one attached hydrogen (secondary N) is 1. The Kier molecular flexibility index (Phi) is 5.80. The molecule has 1 unspecified atom stereocenters. The van der Waals surface area contributed by atoms with Gasteiger partial charge >= 0.3 is 0 Å². The van der Waals surface area contributed by atoms with Crippen LogP contribution in [0.2, 0.25) is 0 Å². The van der Waals surface area contributed by atoms with Crippen molar-refractivity contribution in [2.75, 3.05) is 18.0 Å². The lowest BCUT2D eigenvalue weighted by molar-refractivity contribution is 0.169. The molecule has 0 bridgehead atoms. The second-order valence-electron chi connectivity index (χ2n) is 9.33. The van der Waals surface area contributed by atoms with Crippen LogP contribution in [0, 0.1) is 14.9 Å². The number of halogens is 1. The summed E-state index contributed by atoms with van der Waals surface area (Å²) in [5.74, 6) is 1.38. The first-order valence-electron chi connectivity index (χ1n) is 10.3. The van der Waals surface area contributed by atoms with Gasteiger partial charge in [0.1, 0.15) is 4.75 Å². The maximum Gasteiger partial charge on any atom is 0.211 e. The number of fused-ring (bicyclic) bond motifs is 1. The molecule has 1 N–H and O–H groups in total. The molecule has 0 amide bonds. The topological polar surface area (TPSA) is 68.5 Å². The molecule has 1 aliphatic heterocycles. The number of allylic oxidation sites excluding steroid dienone is 1. The molecular formula is C21H30IN5OS. The first-order valence-corrected chi connectivity index (χ1v) is 12.5. The highest BCUT2D eigenvalue weighted by Gasteiger charge is 2.47. The van der Waals surface area contributed by atoms with Crippen molar-refractivity contribution in [1.82, 2.24) is 19.1 Å². The van der Waals surface area contributed by atoms with Crippen molar-refractivity contribution in [3.63, 3.8) is 0 Å². The molecular weight excluding hydrogens is 497 g/mol. The van der Waals surface area contributed by atoms with Crippen molar-refractivity contribution < 1.29 is 4.55 Å². The molecule has 2 atom stereocenters. The van der Waals surface area contributed by atoms with Crippen LogP contribution >= 0.6 is 22.6 Å². The van der Waals surface area contributed by atoms with E-state index in [1.807, 2.05) is 39.4 Å². The molecule has 2 aliphatic rings. The molecule has 0 radical (unpaired) electrons. The summed E-state index contributed by atoms with van der Waals surface area (Å²) in [6.45, 7) is 12.3.